The maximum absolute atomic E-state index is 6.08. The monoisotopic (exact) mass is 293 g/mol. The van der Waals surface area contributed by atoms with Gasteiger partial charge in [0.15, 0.2) is 5.82 Å². The molecule has 3 rings (SSSR count). The lowest BCUT2D eigenvalue weighted by atomic mass is 10.3. The third-order valence-corrected chi connectivity index (χ3v) is 3.18. The van der Waals surface area contributed by atoms with Crippen LogP contribution in [0.2, 0.25) is 5.15 Å². The summed E-state index contributed by atoms with van der Waals surface area (Å²) in [5.41, 5.74) is 0.814. The van der Waals surface area contributed by atoms with Crippen LogP contribution in [0.4, 0.5) is 5.82 Å². The SMILES string of the molecule is Cc1nc(CCNc2c(C)c(Cl)nc3ncnn23)no1. The Hall–Kier alpha value is -2.22. The van der Waals surface area contributed by atoms with Crippen molar-refractivity contribution in [3.8, 4) is 0 Å². The van der Waals surface area contributed by atoms with E-state index in [0.29, 0.717) is 35.6 Å². The van der Waals surface area contributed by atoms with Crippen molar-refractivity contribution < 1.29 is 4.52 Å². The third kappa shape index (κ3) is 2.29. The quantitative estimate of drug-likeness (QED) is 0.727. The van der Waals surface area contributed by atoms with Crippen LogP contribution < -0.4 is 5.32 Å². The van der Waals surface area contributed by atoms with Gasteiger partial charge >= 0.3 is 0 Å². The highest BCUT2D eigenvalue weighted by molar-refractivity contribution is 6.30. The highest BCUT2D eigenvalue weighted by Crippen LogP contribution is 2.21. The molecule has 0 unspecified atom stereocenters. The zero-order chi connectivity index (χ0) is 14.1. The highest BCUT2D eigenvalue weighted by atomic mass is 35.5. The van der Waals surface area contributed by atoms with Gasteiger partial charge in [-0.2, -0.15) is 24.6 Å². The van der Waals surface area contributed by atoms with Crippen LogP contribution in [0.5, 0.6) is 0 Å². The smallest absolute Gasteiger partial charge is 0.255 e. The van der Waals surface area contributed by atoms with Gasteiger partial charge in [-0.05, 0) is 6.92 Å². The Balaban J connectivity index is 1.80. The van der Waals surface area contributed by atoms with Crippen LogP contribution in [0.1, 0.15) is 17.3 Å². The van der Waals surface area contributed by atoms with Crippen molar-refractivity contribution in [2.75, 3.05) is 11.9 Å². The lowest BCUT2D eigenvalue weighted by molar-refractivity contribution is 0.387. The Morgan fingerprint density at radius 2 is 2.20 bits per heavy atom. The van der Waals surface area contributed by atoms with E-state index in [1.165, 1.54) is 6.33 Å². The first-order valence-corrected chi connectivity index (χ1v) is 6.42. The van der Waals surface area contributed by atoms with E-state index in [-0.39, 0.29) is 0 Å². The fourth-order valence-electron chi connectivity index (χ4n) is 1.84. The molecule has 0 saturated heterocycles. The van der Waals surface area contributed by atoms with E-state index in [9.17, 15) is 0 Å². The van der Waals surface area contributed by atoms with E-state index >= 15 is 0 Å². The van der Waals surface area contributed by atoms with Crippen molar-refractivity contribution >= 4 is 23.2 Å². The van der Waals surface area contributed by atoms with Crippen molar-refractivity contribution in [1.82, 2.24) is 29.7 Å². The molecular formula is C11H12ClN7O. The molecule has 3 aromatic heterocycles. The van der Waals surface area contributed by atoms with Crippen LogP contribution in [0.3, 0.4) is 0 Å². The molecule has 3 aromatic rings. The minimum absolute atomic E-state index is 0.406. The molecule has 0 amide bonds. The lowest BCUT2D eigenvalue weighted by Gasteiger charge is -2.10. The Morgan fingerprint density at radius 1 is 1.35 bits per heavy atom. The van der Waals surface area contributed by atoms with Crippen LogP contribution in [-0.2, 0) is 6.42 Å². The Bertz CT molecular complexity index is 750. The summed E-state index contributed by atoms with van der Waals surface area (Å²) >= 11 is 6.08. The van der Waals surface area contributed by atoms with Gasteiger partial charge in [-0.25, -0.2) is 0 Å². The van der Waals surface area contributed by atoms with Crippen molar-refractivity contribution in [3.05, 3.63) is 28.8 Å². The highest BCUT2D eigenvalue weighted by Gasteiger charge is 2.12. The summed E-state index contributed by atoms with van der Waals surface area (Å²) in [5, 5.41) is 11.6. The normalized spacial score (nSPS) is 11.2. The average molecular weight is 294 g/mol. The number of rotatable bonds is 4. The minimum atomic E-state index is 0.406. The van der Waals surface area contributed by atoms with Gasteiger partial charge in [0.25, 0.3) is 5.78 Å². The van der Waals surface area contributed by atoms with Crippen molar-refractivity contribution in [2.24, 2.45) is 0 Å². The fraction of sp³-hybridized carbons (Fsp3) is 0.364. The van der Waals surface area contributed by atoms with Gasteiger partial charge in [0.05, 0.1) is 0 Å². The molecule has 0 aromatic carbocycles. The summed E-state index contributed by atoms with van der Waals surface area (Å²) in [6, 6.07) is 0. The van der Waals surface area contributed by atoms with Gasteiger partial charge in [0, 0.05) is 25.5 Å². The van der Waals surface area contributed by atoms with Gasteiger partial charge in [-0.15, -0.1) is 0 Å². The zero-order valence-corrected chi connectivity index (χ0v) is 11.7. The second-order valence-electron chi connectivity index (χ2n) is 4.25. The number of fused-ring (bicyclic) bond motifs is 1. The van der Waals surface area contributed by atoms with Crippen molar-refractivity contribution in [3.63, 3.8) is 0 Å². The van der Waals surface area contributed by atoms with Gasteiger partial charge in [0.1, 0.15) is 17.3 Å². The molecule has 0 atom stereocenters. The first kappa shape index (κ1) is 12.8. The van der Waals surface area contributed by atoms with Crippen LogP contribution in [0, 0.1) is 13.8 Å². The summed E-state index contributed by atoms with van der Waals surface area (Å²) in [6.07, 6.45) is 2.07. The summed E-state index contributed by atoms with van der Waals surface area (Å²) in [7, 11) is 0. The molecule has 9 heteroatoms. The fourth-order valence-corrected chi connectivity index (χ4v) is 2.01. The summed E-state index contributed by atoms with van der Waals surface area (Å²) < 4.78 is 6.53. The summed E-state index contributed by atoms with van der Waals surface area (Å²) in [6.45, 7) is 4.25. The first-order valence-electron chi connectivity index (χ1n) is 6.04. The molecule has 0 bridgehead atoms. The molecule has 0 fully saturated rings. The summed E-state index contributed by atoms with van der Waals surface area (Å²) in [4.78, 5) is 12.3. The molecule has 0 saturated carbocycles. The third-order valence-electron chi connectivity index (χ3n) is 2.82. The Morgan fingerprint density at radius 3 is 2.95 bits per heavy atom. The molecule has 0 radical (unpaired) electrons. The topological polar surface area (TPSA) is 94.0 Å². The Kier molecular flexibility index (Phi) is 3.23. The van der Waals surface area contributed by atoms with E-state index in [1.807, 2.05) is 6.92 Å². The molecule has 0 aliphatic carbocycles. The molecule has 0 aliphatic rings. The number of nitrogens with one attached hydrogen (secondary N) is 1. The number of halogens is 1. The van der Waals surface area contributed by atoms with Gasteiger partial charge in [0.2, 0.25) is 5.89 Å². The second kappa shape index (κ2) is 5.04. The number of hydrogen-bond donors (Lipinski definition) is 1. The van der Waals surface area contributed by atoms with Crippen LogP contribution in [0.15, 0.2) is 10.9 Å². The van der Waals surface area contributed by atoms with E-state index in [1.54, 1.807) is 11.4 Å². The Labute approximate surface area is 119 Å². The molecule has 3 heterocycles. The van der Waals surface area contributed by atoms with E-state index in [2.05, 4.69) is 30.5 Å². The predicted octanol–water partition coefficient (Wildman–Crippen LogP) is 1.43. The van der Waals surface area contributed by atoms with E-state index < -0.39 is 0 Å². The largest absolute Gasteiger partial charge is 0.369 e. The number of aryl methyl sites for hydroxylation is 1. The molecule has 20 heavy (non-hydrogen) atoms. The van der Waals surface area contributed by atoms with E-state index in [0.717, 1.165) is 11.4 Å². The zero-order valence-electron chi connectivity index (χ0n) is 11.0. The van der Waals surface area contributed by atoms with Crippen molar-refractivity contribution in [1.29, 1.82) is 0 Å². The van der Waals surface area contributed by atoms with Crippen LogP contribution in [-0.4, -0.2) is 36.3 Å². The molecule has 0 aliphatic heterocycles. The number of nitrogens with zero attached hydrogens (tertiary/aromatic N) is 6. The molecule has 8 nitrogen and oxygen atoms in total. The first-order chi connectivity index (χ1) is 9.65. The minimum Gasteiger partial charge on any atom is -0.369 e. The average Bonchev–Trinajstić information content (AvgIpc) is 3.03. The summed E-state index contributed by atoms with van der Waals surface area (Å²) in [5.74, 6) is 2.43. The van der Waals surface area contributed by atoms with Crippen molar-refractivity contribution in [2.45, 2.75) is 20.3 Å². The second-order valence-corrected chi connectivity index (χ2v) is 4.61. The standard InChI is InChI=1S/C11H12ClN7O/c1-6-9(12)17-11-14-5-15-19(11)10(6)13-4-3-8-16-7(2)20-18-8/h5,13H,3-4H2,1-2H3. The van der Waals surface area contributed by atoms with Crippen LogP contribution in [0.25, 0.3) is 5.78 Å². The van der Waals surface area contributed by atoms with Gasteiger partial charge in [-0.1, -0.05) is 16.8 Å². The van der Waals surface area contributed by atoms with Crippen LogP contribution >= 0.6 is 11.6 Å². The van der Waals surface area contributed by atoms with Gasteiger partial charge in [-0.3, -0.25) is 0 Å². The molecular weight excluding hydrogens is 282 g/mol. The van der Waals surface area contributed by atoms with E-state index in [4.69, 9.17) is 16.1 Å². The van der Waals surface area contributed by atoms with Gasteiger partial charge < -0.3 is 9.84 Å². The lowest BCUT2D eigenvalue weighted by Crippen LogP contribution is -2.12. The molecule has 104 valence electrons. The maximum atomic E-state index is 6.08. The number of aromatic nitrogens is 6. The molecule has 1 N–H and O–H groups in total. The molecule has 0 spiro atoms. The number of anilines is 1. The maximum Gasteiger partial charge on any atom is 0.255 e. The number of hydrogen-bond acceptors (Lipinski definition) is 7. The predicted molar refractivity (Wildman–Crippen MR) is 71.8 cm³/mol.